The smallest absolute Gasteiger partial charge is 0.00865 e. The van der Waals surface area contributed by atoms with Crippen molar-refractivity contribution in [3.63, 3.8) is 0 Å². The van der Waals surface area contributed by atoms with Gasteiger partial charge in [0.05, 0.1) is 0 Å². The molecule has 138 valence electrons. The summed E-state index contributed by atoms with van der Waals surface area (Å²) in [5.74, 6) is 0. The highest BCUT2D eigenvalue weighted by atomic mass is 15.1. The highest BCUT2D eigenvalue weighted by molar-refractivity contribution is 4.81. The monoisotopic (exact) mass is 323 g/mol. The van der Waals surface area contributed by atoms with Gasteiger partial charge in [0, 0.05) is 6.04 Å². The van der Waals surface area contributed by atoms with Crippen molar-refractivity contribution >= 4 is 0 Å². The molecule has 1 heteroatoms. The Labute approximate surface area is 147 Å². The van der Waals surface area contributed by atoms with Crippen LogP contribution in [0.3, 0.4) is 0 Å². The molecule has 0 aliphatic rings. The Morgan fingerprint density at radius 2 is 1.13 bits per heavy atom. The third-order valence-electron chi connectivity index (χ3n) is 5.00. The van der Waals surface area contributed by atoms with E-state index < -0.39 is 0 Å². The van der Waals surface area contributed by atoms with Crippen LogP contribution in [0.5, 0.6) is 0 Å². The standard InChI is InChI=1S/C22H45N/c1-5-7-8-9-10-11-12-13-14-15-16-17-18-19-20-21-22(6-2)23(3)4/h13-14,22H,5-12,15-21H2,1-4H3. The van der Waals surface area contributed by atoms with Crippen molar-refractivity contribution in [3.05, 3.63) is 12.2 Å². The summed E-state index contributed by atoms with van der Waals surface area (Å²) in [4.78, 5) is 2.38. The van der Waals surface area contributed by atoms with E-state index in [1.165, 1.54) is 96.3 Å². The van der Waals surface area contributed by atoms with Gasteiger partial charge < -0.3 is 4.90 Å². The Kier molecular flexibility index (Phi) is 17.8. The van der Waals surface area contributed by atoms with Gasteiger partial charge in [-0.1, -0.05) is 83.8 Å². The first kappa shape index (κ1) is 22.7. The SMILES string of the molecule is CCCCCCCCC=CCCCCCCCC(CC)N(C)C. The molecule has 0 spiro atoms. The van der Waals surface area contributed by atoms with Crippen molar-refractivity contribution < 1.29 is 0 Å². The topological polar surface area (TPSA) is 3.24 Å². The van der Waals surface area contributed by atoms with Crippen molar-refractivity contribution in [2.75, 3.05) is 14.1 Å². The summed E-state index contributed by atoms with van der Waals surface area (Å²) in [6.45, 7) is 4.59. The molecule has 0 aromatic carbocycles. The van der Waals surface area contributed by atoms with Crippen LogP contribution in [0.2, 0.25) is 0 Å². The van der Waals surface area contributed by atoms with Gasteiger partial charge in [0.2, 0.25) is 0 Å². The lowest BCUT2D eigenvalue weighted by molar-refractivity contribution is 0.264. The third kappa shape index (κ3) is 16.3. The summed E-state index contributed by atoms with van der Waals surface area (Å²) in [6, 6.07) is 0.792. The molecule has 0 aliphatic carbocycles. The van der Waals surface area contributed by atoms with Crippen LogP contribution in [0, 0.1) is 0 Å². The molecule has 0 saturated carbocycles. The second-order valence-electron chi connectivity index (χ2n) is 7.40. The maximum Gasteiger partial charge on any atom is 0.00865 e. The van der Waals surface area contributed by atoms with Crippen molar-refractivity contribution in [3.8, 4) is 0 Å². The molecule has 0 fully saturated rings. The summed E-state index contributed by atoms with van der Waals surface area (Å²) < 4.78 is 0. The molecule has 0 heterocycles. The Bertz CT molecular complexity index is 244. The first-order valence-corrected chi connectivity index (χ1v) is 10.5. The van der Waals surface area contributed by atoms with E-state index in [0.717, 1.165) is 6.04 Å². The second-order valence-corrected chi connectivity index (χ2v) is 7.40. The van der Waals surface area contributed by atoms with E-state index in [9.17, 15) is 0 Å². The second kappa shape index (κ2) is 18.0. The Hall–Kier alpha value is -0.300. The summed E-state index contributed by atoms with van der Waals surface area (Å²) in [7, 11) is 4.43. The quantitative estimate of drug-likeness (QED) is 0.199. The molecule has 0 radical (unpaired) electrons. The van der Waals surface area contributed by atoms with E-state index in [0.29, 0.717) is 0 Å². The first-order valence-electron chi connectivity index (χ1n) is 10.5. The molecule has 0 amide bonds. The van der Waals surface area contributed by atoms with Crippen LogP contribution < -0.4 is 0 Å². The minimum Gasteiger partial charge on any atom is -0.306 e. The van der Waals surface area contributed by atoms with E-state index >= 15 is 0 Å². The fourth-order valence-corrected chi connectivity index (χ4v) is 3.28. The highest BCUT2D eigenvalue weighted by Crippen LogP contribution is 2.13. The maximum absolute atomic E-state index is 2.42. The molecule has 0 rings (SSSR count). The molecule has 0 aromatic heterocycles. The molecule has 23 heavy (non-hydrogen) atoms. The zero-order valence-electron chi connectivity index (χ0n) is 16.8. The van der Waals surface area contributed by atoms with Gasteiger partial charge in [0.1, 0.15) is 0 Å². The minimum atomic E-state index is 0.792. The average Bonchev–Trinajstić information content (AvgIpc) is 2.54. The molecule has 1 nitrogen and oxygen atoms in total. The molecule has 0 bridgehead atoms. The van der Waals surface area contributed by atoms with E-state index in [-0.39, 0.29) is 0 Å². The number of nitrogens with zero attached hydrogens (tertiary/aromatic N) is 1. The summed E-state index contributed by atoms with van der Waals surface area (Å²) in [5, 5.41) is 0. The lowest BCUT2D eigenvalue weighted by atomic mass is 10.0. The van der Waals surface area contributed by atoms with E-state index in [2.05, 4.69) is 45.0 Å². The van der Waals surface area contributed by atoms with E-state index in [1.54, 1.807) is 0 Å². The number of allylic oxidation sites excluding steroid dienone is 2. The Balaban J connectivity index is 3.22. The summed E-state index contributed by atoms with van der Waals surface area (Å²) >= 11 is 0. The number of hydrogen-bond acceptors (Lipinski definition) is 1. The third-order valence-corrected chi connectivity index (χ3v) is 5.00. The molecule has 0 saturated heterocycles. The molecular weight excluding hydrogens is 278 g/mol. The van der Waals surface area contributed by atoms with E-state index in [4.69, 9.17) is 0 Å². The highest BCUT2D eigenvalue weighted by Gasteiger charge is 2.07. The molecule has 0 aromatic rings. The van der Waals surface area contributed by atoms with Crippen molar-refractivity contribution in [1.82, 2.24) is 4.90 Å². The molecule has 1 unspecified atom stereocenters. The Morgan fingerprint density at radius 3 is 1.61 bits per heavy atom. The van der Waals surface area contributed by atoms with Crippen molar-refractivity contribution in [1.29, 1.82) is 0 Å². The fourth-order valence-electron chi connectivity index (χ4n) is 3.28. The summed E-state index contributed by atoms with van der Waals surface area (Å²) in [5.41, 5.74) is 0. The lowest BCUT2D eigenvalue weighted by Gasteiger charge is -2.22. The van der Waals surface area contributed by atoms with Crippen molar-refractivity contribution in [2.24, 2.45) is 0 Å². The molecular formula is C22H45N. The average molecular weight is 324 g/mol. The Morgan fingerprint density at radius 1 is 0.652 bits per heavy atom. The van der Waals surface area contributed by atoms with Gasteiger partial charge in [0.25, 0.3) is 0 Å². The van der Waals surface area contributed by atoms with Crippen LogP contribution in [0.25, 0.3) is 0 Å². The maximum atomic E-state index is 2.42. The first-order chi connectivity index (χ1) is 11.2. The van der Waals surface area contributed by atoms with Gasteiger partial charge in [-0.15, -0.1) is 0 Å². The van der Waals surface area contributed by atoms with Gasteiger partial charge in [-0.3, -0.25) is 0 Å². The minimum absolute atomic E-state index is 0.792. The van der Waals surface area contributed by atoms with Crippen LogP contribution in [0.1, 0.15) is 110 Å². The van der Waals surface area contributed by atoms with E-state index in [1.807, 2.05) is 0 Å². The van der Waals surface area contributed by atoms with Crippen LogP contribution >= 0.6 is 0 Å². The molecule has 0 N–H and O–H groups in total. The zero-order valence-corrected chi connectivity index (χ0v) is 16.8. The summed E-state index contributed by atoms with van der Waals surface area (Å²) in [6.07, 6.45) is 25.6. The zero-order chi connectivity index (χ0) is 17.2. The molecule has 0 aliphatic heterocycles. The molecule has 1 atom stereocenters. The number of unbranched alkanes of at least 4 members (excludes halogenated alkanes) is 11. The number of hydrogen-bond donors (Lipinski definition) is 0. The van der Waals surface area contributed by atoms with Gasteiger partial charge in [-0.25, -0.2) is 0 Å². The van der Waals surface area contributed by atoms with Gasteiger partial charge in [-0.05, 0) is 52.6 Å². The van der Waals surface area contributed by atoms with Crippen LogP contribution in [0.15, 0.2) is 12.2 Å². The predicted octanol–water partition coefficient (Wildman–Crippen LogP) is 7.36. The van der Waals surface area contributed by atoms with Crippen molar-refractivity contribution in [2.45, 2.75) is 116 Å². The largest absolute Gasteiger partial charge is 0.306 e. The normalized spacial score (nSPS) is 13.3. The van der Waals surface area contributed by atoms with Crippen LogP contribution in [-0.2, 0) is 0 Å². The van der Waals surface area contributed by atoms with Gasteiger partial charge >= 0.3 is 0 Å². The fraction of sp³-hybridized carbons (Fsp3) is 0.909. The van der Waals surface area contributed by atoms with Crippen LogP contribution in [0.4, 0.5) is 0 Å². The lowest BCUT2D eigenvalue weighted by Crippen LogP contribution is -2.26. The van der Waals surface area contributed by atoms with Gasteiger partial charge in [0.15, 0.2) is 0 Å². The van der Waals surface area contributed by atoms with Crippen LogP contribution in [-0.4, -0.2) is 25.0 Å². The van der Waals surface area contributed by atoms with Gasteiger partial charge in [-0.2, -0.15) is 0 Å². The number of rotatable bonds is 17. The predicted molar refractivity (Wildman–Crippen MR) is 107 cm³/mol.